The van der Waals surface area contributed by atoms with E-state index in [1.807, 2.05) is 32.6 Å². The van der Waals surface area contributed by atoms with Crippen LogP contribution in [0.2, 0.25) is 10.0 Å². The van der Waals surface area contributed by atoms with Crippen LogP contribution in [0.25, 0.3) is 22.0 Å². The van der Waals surface area contributed by atoms with Crippen LogP contribution >= 0.6 is 23.2 Å². The fraction of sp³-hybridized carbons (Fsp3) is 0.333. The lowest BCUT2D eigenvalue weighted by molar-refractivity contribution is -0.130. The first-order valence-electron chi connectivity index (χ1n) is 8.37. The maximum Gasteiger partial charge on any atom is 0.236 e. The Bertz CT molecular complexity index is 1040. The van der Waals surface area contributed by atoms with Crippen LogP contribution in [0.4, 0.5) is 0 Å². The molecule has 0 atom stereocenters. The summed E-state index contributed by atoms with van der Waals surface area (Å²) in [5, 5.41) is 6.34. The number of amides is 1. The molecule has 0 fully saturated rings. The first kappa shape index (κ1) is 17.4. The number of carbonyl (C=O) groups is 1. The van der Waals surface area contributed by atoms with Gasteiger partial charge in [0.1, 0.15) is 0 Å². The van der Waals surface area contributed by atoms with E-state index in [-0.39, 0.29) is 12.5 Å². The average Bonchev–Trinajstić information content (AvgIpc) is 3.19. The Labute approximate surface area is 161 Å². The Balaban J connectivity index is 2.02. The quantitative estimate of drug-likeness (QED) is 0.729. The van der Waals surface area contributed by atoms with Crippen molar-refractivity contribution < 1.29 is 4.79 Å². The van der Waals surface area contributed by atoms with E-state index in [4.69, 9.17) is 28.9 Å². The summed E-state index contributed by atoms with van der Waals surface area (Å²) in [4.78, 5) is 13.9. The highest BCUT2D eigenvalue weighted by Crippen LogP contribution is 2.43. The van der Waals surface area contributed by atoms with Crippen LogP contribution in [-0.2, 0) is 31.9 Å². The zero-order chi connectivity index (χ0) is 18.6. The Hall–Kier alpha value is -2.02. The molecule has 8 heteroatoms. The van der Waals surface area contributed by atoms with Crippen molar-refractivity contribution >= 4 is 40.0 Å². The monoisotopic (exact) mass is 391 g/mol. The second kappa shape index (κ2) is 6.30. The predicted octanol–water partition coefficient (Wildman–Crippen LogP) is 2.73. The van der Waals surface area contributed by atoms with Crippen molar-refractivity contribution in [2.45, 2.75) is 13.0 Å². The van der Waals surface area contributed by atoms with Crippen LogP contribution in [0.3, 0.4) is 0 Å². The SMILES string of the molecule is Cn1cc(-c2cc(Cl)c(Cl)c3c2c2c(n3C)CCN(C(=O)CN)C2)cn1. The lowest BCUT2D eigenvalue weighted by atomic mass is 9.97. The molecule has 1 aliphatic rings. The molecule has 0 unspecified atom stereocenters. The van der Waals surface area contributed by atoms with Crippen LogP contribution in [0.1, 0.15) is 11.3 Å². The number of nitrogens with zero attached hydrogens (tertiary/aromatic N) is 4. The highest BCUT2D eigenvalue weighted by molar-refractivity contribution is 6.45. The molecule has 0 bridgehead atoms. The molecule has 3 aromatic rings. The van der Waals surface area contributed by atoms with Gasteiger partial charge in [-0.3, -0.25) is 9.48 Å². The molecule has 0 spiro atoms. The van der Waals surface area contributed by atoms with Crippen molar-refractivity contribution in [1.29, 1.82) is 0 Å². The number of hydrogen-bond acceptors (Lipinski definition) is 3. The van der Waals surface area contributed by atoms with Crippen molar-refractivity contribution in [3.63, 3.8) is 0 Å². The minimum Gasteiger partial charge on any atom is -0.346 e. The van der Waals surface area contributed by atoms with Gasteiger partial charge in [-0.05, 0) is 11.6 Å². The van der Waals surface area contributed by atoms with Gasteiger partial charge in [-0.2, -0.15) is 5.10 Å². The van der Waals surface area contributed by atoms with Gasteiger partial charge in [0, 0.05) is 62.0 Å². The Morgan fingerprint density at radius 3 is 2.77 bits per heavy atom. The van der Waals surface area contributed by atoms with Crippen LogP contribution in [0.5, 0.6) is 0 Å². The standard InChI is InChI=1S/C18H19Cl2N5O/c1-23-8-10(7-22-23)11-5-13(19)17(20)18-16(11)12-9-25(15(26)6-21)4-3-14(12)24(18)2/h5,7-8H,3-4,6,9,21H2,1-2H3. The summed E-state index contributed by atoms with van der Waals surface area (Å²) >= 11 is 13.0. The highest BCUT2D eigenvalue weighted by atomic mass is 35.5. The Morgan fingerprint density at radius 1 is 1.35 bits per heavy atom. The topological polar surface area (TPSA) is 69.1 Å². The van der Waals surface area contributed by atoms with Gasteiger partial charge < -0.3 is 15.2 Å². The van der Waals surface area contributed by atoms with Gasteiger partial charge in [-0.1, -0.05) is 23.2 Å². The van der Waals surface area contributed by atoms with Crippen molar-refractivity contribution in [2.24, 2.45) is 19.8 Å². The zero-order valence-electron chi connectivity index (χ0n) is 14.6. The van der Waals surface area contributed by atoms with Crippen molar-refractivity contribution in [1.82, 2.24) is 19.2 Å². The number of nitrogens with two attached hydrogens (primary N) is 1. The lowest BCUT2D eigenvalue weighted by Gasteiger charge is -2.27. The van der Waals surface area contributed by atoms with Gasteiger partial charge in [0.2, 0.25) is 5.91 Å². The summed E-state index contributed by atoms with van der Waals surface area (Å²) in [5.74, 6) is -0.0457. The average molecular weight is 392 g/mol. The van der Waals surface area contributed by atoms with Crippen LogP contribution in [0.15, 0.2) is 18.5 Å². The van der Waals surface area contributed by atoms with Crippen LogP contribution < -0.4 is 5.73 Å². The van der Waals surface area contributed by atoms with E-state index in [2.05, 4.69) is 9.67 Å². The number of fused-ring (bicyclic) bond motifs is 3. The number of carbonyl (C=O) groups excluding carboxylic acids is 1. The molecular formula is C18H19Cl2N5O. The van der Waals surface area contributed by atoms with E-state index >= 15 is 0 Å². The third-order valence-corrected chi connectivity index (χ3v) is 5.87. The summed E-state index contributed by atoms with van der Waals surface area (Å²) in [6, 6.07) is 1.88. The van der Waals surface area contributed by atoms with E-state index in [1.165, 1.54) is 5.69 Å². The summed E-state index contributed by atoms with van der Waals surface area (Å²) < 4.78 is 3.85. The van der Waals surface area contributed by atoms with Gasteiger partial charge >= 0.3 is 0 Å². The fourth-order valence-electron chi connectivity index (χ4n) is 3.84. The molecule has 4 rings (SSSR count). The van der Waals surface area contributed by atoms with Crippen molar-refractivity contribution in [3.05, 3.63) is 39.8 Å². The number of aromatic nitrogens is 3. The second-order valence-corrected chi connectivity index (χ2v) is 7.39. The van der Waals surface area contributed by atoms with Crippen molar-refractivity contribution in [3.8, 4) is 11.1 Å². The van der Waals surface area contributed by atoms with Crippen LogP contribution in [-0.4, -0.2) is 38.2 Å². The second-order valence-electron chi connectivity index (χ2n) is 6.60. The summed E-state index contributed by atoms with van der Waals surface area (Å²) in [6.07, 6.45) is 4.51. The number of hydrogen-bond donors (Lipinski definition) is 1. The molecule has 2 N–H and O–H groups in total. The van der Waals surface area contributed by atoms with E-state index < -0.39 is 0 Å². The Morgan fingerprint density at radius 2 is 2.12 bits per heavy atom. The van der Waals surface area contributed by atoms with E-state index in [0.29, 0.717) is 23.1 Å². The molecule has 1 aromatic carbocycles. The summed E-state index contributed by atoms with van der Waals surface area (Å²) in [5.41, 5.74) is 10.7. The molecule has 3 heterocycles. The normalized spacial score (nSPS) is 14.1. The van der Waals surface area contributed by atoms with E-state index in [9.17, 15) is 4.79 Å². The smallest absolute Gasteiger partial charge is 0.236 e. The fourth-order valence-corrected chi connectivity index (χ4v) is 4.32. The number of benzene rings is 1. The van der Waals surface area contributed by atoms with Crippen LogP contribution in [0, 0.1) is 0 Å². The van der Waals surface area contributed by atoms with Crippen molar-refractivity contribution in [2.75, 3.05) is 13.1 Å². The number of aryl methyl sites for hydroxylation is 2. The third-order valence-electron chi connectivity index (χ3n) is 5.10. The van der Waals surface area contributed by atoms with Gasteiger partial charge in [0.05, 0.1) is 28.3 Å². The maximum atomic E-state index is 12.1. The molecular weight excluding hydrogens is 373 g/mol. The molecule has 6 nitrogen and oxygen atoms in total. The molecule has 0 aliphatic carbocycles. The molecule has 0 saturated carbocycles. The van der Waals surface area contributed by atoms with E-state index in [0.717, 1.165) is 34.0 Å². The zero-order valence-corrected chi connectivity index (χ0v) is 16.1. The van der Waals surface area contributed by atoms with Gasteiger partial charge in [0.25, 0.3) is 0 Å². The number of rotatable bonds is 2. The molecule has 1 aliphatic heterocycles. The Kier molecular flexibility index (Phi) is 4.22. The number of halogens is 2. The summed E-state index contributed by atoms with van der Waals surface area (Å²) in [6.45, 7) is 1.19. The third kappa shape index (κ3) is 2.52. The largest absolute Gasteiger partial charge is 0.346 e. The van der Waals surface area contributed by atoms with Gasteiger partial charge in [-0.15, -0.1) is 0 Å². The minimum absolute atomic E-state index is 0.0160. The molecule has 0 saturated heterocycles. The molecule has 1 amide bonds. The van der Waals surface area contributed by atoms with E-state index in [1.54, 1.807) is 9.58 Å². The van der Waals surface area contributed by atoms with Gasteiger partial charge in [0.15, 0.2) is 0 Å². The van der Waals surface area contributed by atoms with Gasteiger partial charge in [-0.25, -0.2) is 0 Å². The lowest BCUT2D eigenvalue weighted by Crippen LogP contribution is -2.39. The summed E-state index contributed by atoms with van der Waals surface area (Å²) in [7, 11) is 3.87. The molecule has 0 radical (unpaired) electrons. The minimum atomic E-state index is -0.0457. The highest BCUT2D eigenvalue weighted by Gasteiger charge is 2.28. The molecule has 26 heavy (non-hydrogen) atoms. The first-order valence-corrected chi connectivity index (χ1v) is 9.13. The maximum absolute atomic E-state index is 12.1. The first-order chi connectivity index (χ1) is 12.4. The molecule has 136 valence electrons. The molecule has 2 aromatic heterocycles. The predicted molar refractivity (Wildman–Crippen MR) is 103 cm³/mol.